The molecule has 1 fully saturated rings. The minimum atomic E-state index is 0.0473. The summed E-state index contributed by atoms with van der Waals surface area (Å²) in [6.45, 7) is 5.19. The van der Waals surface area contributed by atoms with Crippen LogP contribution in [0.4, 0.5) is 10.5 Å². The Bertz CT molecular complexity index is 378. The summed E-state index contributed by atoms with van der Waals surface area (Å²) >= 11 is 0. The van der Waals surface area contributed by atoms with Crippen molar-refractivity contribution in [2.75, 3.05) is 31.5 Å². The molecule has 4 heteroatoms. The molecule has 1 aliphatic heterocycles. The third kappa shape index (κ3) is 2.66. The average molecular weight is 219 g/mol. The van der Waals surface area contributed by atoms with Crippen LogP contribution in [0.1, 0.15) is 5.56 Å². The van der Waals surface area contributed by atoms with Crippen LogP contribution in [0.2, 0.25) is 0 Å². The third-order valence-electron chi connectivity index (χ3n) is 2.67. The molecule has 1 aliphatic rings. The van der Waals surface area contributed by atoms with E-state index in [-0.39, 0.29) is 6.03 Å². The first-order valence-corrected chi connectivity index (χ1v) is 5.59. The quantitative estimate of drug-likeness (QED) is 0.804. The number of carbonyl (C=O) groups is 1. The van der Waals surface area contributed by atoms with Crippen LogP contribution in [0.15, 0.2) is 24.3 Å². The molecule has 86 valence electrons. The predicted octanol–water partition coefficient (Wildman–Crippen LogP) is 1.43. The van der Waals surface area contributed by atoms with Crippen molar-refractivity contribution >= 4 is 11.7 Å². The first-order valence-electron chi connectivity index (χ1n) is 5.59. The van der Waals surface area contributed by atoms with Crippen LogP contribution < -0.4 is 10.6 Å². The lowest BCUT2D eigenvalue weighted by molar-refractivity contribution is 0.219. The molecule has 2 amide bonds. The highest BCUT2D eigenvalue weighted by Crippen LogP contribution is 2.09. The topological polar surface area (TPSA) is 44.4 Å². The molecule has 2 rings (SSSR count). The summed E-state index contributed by atoms with van der Waals surface area (Å²) in [5, 5.41) is 6.10. The van der Waals surface area contributed by atoms with E-state index in [0.29, 0.717) is 0 Å². The Kier molecular flexibility index (Phi) is 3.29. The standard InChI is InChI=1S/C12H17N3O/c1-10-3-2-4-11(9-10)13-5-7-15-8-6-14-12(15)16/h2-4,9,13H,5-8H2,1H3,(H,14,16). The van der Waals surface area contributed by atoms with Gasteiger partial charge in [-0.25, -0.2) is 4.79 Å². The highest BCUT2D eigenvalue weighted by Gasteiger charge is 2.17. The first-order chi connectivity index (χ1) is 7.75. The van der Waals surface area contributed by atoms with Crippen LogP contribution in [0.25, 0.3) is 0 Å². The Morgan fingerprint density at radius 2 is 2.38 bits per heavy atom. The number of benzene rings is 1. The van der Waals surface area contributed by atoms with Crippen LogP contribution >= 0.6 is 0 Å². The Morgan fingerprint density at radius 3 is 3.06 bits per heavy atom. The smallest absolute Gasteiger partial charge is 0.317 e. The van der Waals surface area contributed by atoms with Crippen molar-refractivity contribution in [3.8, 4) is 0 Å². The lowest BCUT2D eigenvalue weighted by Crippen LogP contribution is -2.32. The van der Waals surface area contributed by atoms with Gasteiger partial charge in [-0.1, -0.05) is 12.1 Å². The molecule has 1 aromatic rings. The third-order valence-corrected chi connectivity index (χ3v) is 2.67. The molecule has 0 atom stereocenters. The summed E-state index contributed by atoms with van der Waals surface area (Å²) in [4.78, 5) is 13.1. The van der Waals surface area contributed by atoms with E-state index in [0.717, 1.165) is 31.9 Å². The molecular weight excluding hydrogens is 202 g/mol. The second-order valence-electron chi connectivity index (χ2n) is 4.02. The Balaban J connectivity index is 1.77. The summed E-state index contributed by atoms with van der Waals surface area (Å²) in [5.74, 6) is 0. The van der Waals surface area contributed by atoms with E-state index in [4.69, 9.17) is 0 Å². The largest absolute Gasteiger partial charge is 0.383 e. The summed E-state index contributed by atoms with van der Waals surface area (Å²) < 4.78 is 0. The van der Waals surface area contributed by atoms with Gasteiger partial charge >= 0.3 is 6.03 Å². The fourth-order valence-corrected chi connectivity index (χ4v) is 1.81. The zero-order valence-electron chi connectivity index (χ0n) is 9.49. The molecule has 0 aromatic heterocycles. The van der Waals surface area contributed by atoms with Gasteiger partial charge in [-0.15, -0.1) is 0 Å². The number of aryl methyl sites for hydroxylation is 1. The molecule has 0 saturated carbocycles. The molecular formula is C12H17N3O. The maximum atomic E-state index is 11.3. The lowest BCUT2D eigenvalue weighted by Gasteiger charge is -2.15. The van der Waals surface area contributed by atoms with Gasteiger partial charge in [-0.05, 0) is 24.6 Å². The van der Waals surface area contributed by atoms with Crippen LogP contribution in [0.3, 0.4) is 0 Å². The lowest BCUT2D eigenvalue weighted by atomic mass is 10.2. The van der Waals surface area contributed by atoms with Gasteiger partial charge < -0.3 is 15.5 Å². The molecule has 1 heterocycles. The van der Waals surface area contributed by atoms with Crippen molar-refractivity contribution in [3.63, 3.8) is 0 Å². The van der Waals surface area contributed by atoms with E-state index in [9.17, 15) is 4.79 Å². The maximum Gasteiger partial charge on any atom is 0.317 e. The second-order valence-corrected chi connectivity index (χ2v) is 4.02. The van der Waals surface area contributed by atoms with Crippen molar-refractivity contribution in [2.24, 2.45) is 0 Å². The van der Waals surface area contributed by atoms with Gasteiger partial charge in [0.05, 0.1) is 0 Å². The molecule has 16 heavy (non-hydrogen) atoms. The Labute approximate surface area is 95.6 Å². The van der Waals surface area contributed by atoms with Gasteiger partial charge in [0.1, 0.15) is 0 Å². The summed E-state index contributed by atoms with van der Waals surface area (Å²) in [5.41, 5.74) is 2.35. The first kappa shape index (κ1) is 10.8. The minimum Gasteiger partial charge on any atom is -0.383 e. The normalized spacial score (nSPS) is 15.1. The molecule has 0 radical (unpaired) electrons. The number of carbonyl (C=O) groups excluding carboxylic acids is 1. The Morgan fingerprint density at radius 1 is 1.50 bits per heavy atom. The maximum absolute atomic E-state index is 11.3. The van der Waals surface area contributed by atoms with Gasteiger partial charge in [0, 0.05) is 31.9 Å². The number of anilines is 1. The second kappa shape index (κ2) is 4.88. The van der Waals surface area contributed by atoms with E-state index in [2.05, 4.69) is 29.7 Å². The molecule has 1 aromatic carbocycles. The van der Waals surface area contributed by atoms with E-state index in [1.165, 1.54) is 5.56 Å². The van der Waals surface area contributed by atoms with Gasteiger partial charge in [-0.2, -0.15) is 0 Å². The Hall–Kier alpha value is -1.71. The van der Waals surface area contributed by atoms with Gasteiger partial charge in [0.2, 0.25) is 0 Å². The SMILES string of the molecule is Cc1cccc(NCCN2CCNC2=O)c1. The van der Waals surface area contributed by atoms with Gasteiger partial charge in [0.25, 0.3) is 0 Å². The molecule has 1 saturated heterocycles. The number of nitrogens with zero attached hydrogens (tertiary/aromatic N) is 1. The van der Waals surface area contributed by atoms with E-state index in [1.54, 1.807) is 0 Å². The molecule has 0 unspecified atom stereocenters. The number of nitrogens with one attached hydrogen (secondary N) is 2. The number of rotatable bonds is 4. The monoisotopic (exact) mass is 219 g/mol. The van der Waals surface area contributed by atoms with Crippen molar-refractivity contribution in [1.82, 2.24) is 10.2 Å². The van der Waals surface area contributed by atoms with Crippen LogP contribution in [0.5, 0.6) is 0 Å². The van der Waals surface area contributed by atoms with E-state index in [1.807, 2.05) is 17.0 Å². The van der Waals surface area contributed by atoms with Crippen molar-refractivity contribution in [1.29, 1.82) is 0 Å². The summed E-state index contributed by atoms with van der Waals surface area (Å²) in [6.07, 6.45) is 0. The van der Waals surface area contributed by atoms with Crippen molar-refractivity contribution < 1.29 is 4.79 Å². The predicted molar refractivity (Wildman–Crippen MR) is 64.6 cm³/mol. The van der Waals surface area contributed by atoms with E-state index >= 15 is 0 Å². The van der Waals surface area contributed by atoms with Crippen LogP contribution in [0, 0.1) is 6.92 Å². The van der Waals surface area contributed by atoms with Gasteiger partial charge in [0.15, 0.2) is 0 Å². The number of hydrogen-bond acceptors (Lipinski definition) is 2. The molecule has 0 spiro atoms. The fraction of sp³-hybridized carbons (Fsp3) is 0.417. The fourth-order valence-electron chi connectivity index (χ4n) is 1.81. The molecule has 2 N–H and O–H groups in total. The molecule has 0 bridgehead atoms. The van der Waals surface area contributed by atoms with Crippen LogP contribution in [-0.4, -0.2) is 37.1 Å². The summed E-state index contributed by atoms with van der Waals surface area (Å²) in [6, 6.07) is 8.28. The van der Waals surface area contributed by atoms with Gasteiger partial charge in [-0.3, -0.25) is 0 Å². The number of urea groups is 1. The zero-order valence-corrected chi connectivity index (χ0v) is 9.49. The number of amides is 2. The molecule has 4 nitrogen and oxygen atoms in total. The van der Waals surface area contributed by atoms with E-state index < -0.39 is 0 Å². The highest BCUT2D eigenvalue weighted by atomic mass is 16.2. The minimum absolute atomic E-state index is 0.0473. The van der Waals surface area contributed by atoms with Crippen molar-refractivity contribution in [2.45, 2.75) is 6.92 Å². The highest BCUT2D eigenvalue weighted by molar-refractivity contribution is 5.76. The number of hydrogen-bond donors (Lipinski definition) is 2. The van der Waals surface area contributed by atoms with Crippen LogP contribution in [-0.2, 0) is 0 Å². The zero-order chi connectivity index (χ0) is 11.4. The van der Waals surface area contributed by atoms with Crippen molar-refractivity contribution in [3.05, 3.63) is 29.8 Å². The molecule has 0 aliphatic carbocycles. The average Bonchev–Trinajstić information content (AvgIpc) is 2.65. The summed E-state index contributed by atoms with van der Waals surface area (Å²) in [7, 11) is 0.